The number of nitrogens with two attached hydrogens (primary N) is 3. The lowest BCUT2D eigenvalue weighted by Gasteiger charge is -2.43. The predicted octanol–water partition coefficient (Wildman–Crippen LogP) is 0.797. The second-order valence-corrected chi connectivity index (χ2v) is 10.7. The van der Waals surface area contributed by atoms with Crippen LogP contribution in [0, 0.1) is 11.8 Å². The summed E-state index contributed by atoms with van der Waals surface area (Å²) in [4.78, 5) is 16.2. The van der Waals surface area contributed by atoms with E-state index in [2.05, 4.69) is 34.7 Å². The van der Waals surface area contributed by atoms with Crippen LogP contribution in [-0.4, -0.2) is 73.2 Å². The fourth-order valence-electron chi connectivity index (χ4n) is 5.90. The molecule has 8 nitrogen and oxygen atoms in total. The van der Waals surface area contributed by atoms with E-state index in [-0.39, 0.29) is 23.4 Å². The third kappa shape index (κ3) is 6.83. The van der Waals surface area contributed by atoms with Gasteiger partial charge in [-0.1, -0.05) is 13.8 Å². The number of hydrogen-bond acceptors (Lipinski definition) is 7. The molecule has 3 heterocycles. The number of likely N-dealkylation sites (tertiary alicyclic amines) is 1. The van der Waals surface area contributed by atoms with Crippen molar-refractivity contribution in [1.82, 2.24) is 20.9 Å². The highest BCUT2D eigenvalue weighted by atomic mass is 35.5. The minimum Gasteiger partial charge on any atom is -0.386 e. The molecular formula is C24H46ClN7O. The van der Waals surface area contributed by atoms with E-state index in [0.29, 0.717) is 18.5 Å². The van der Waals surface area contributed by atoms with Gasteiger partial charge in [0.2, 0.25) is 5.91 Å². The van der Waals surface area contributed by atoms with Gasteiger partial charge in [0.05, 0.1) is 17.6 Å². The van der Waals surface area contributed by atoms with Crippen molar-refractivity contribution >= 4 is 17.5 Å². The molecule has 0 spiro atoms. The van der Waals surface area contributed by atoms with Crippen LogP contribution >= 0.6 is 11.6 Å². The van der Waals surface area contributed by atoms with Crippen LogP contribution in [0.1, 0.15) is 58.8 Å². The number of allylic oxidation sites excluding steroid dienone is 1. The quantitative estimate of drug-likeness (QED) is 0.233. The molecule has 0 aromatic heterocycles. The van der Waals surface area contributed by atoms with Crippen molar-refractivity contribution in [3.05, 3.63) is 11.3 Å². The number of nitrogens with one attached hydrogen (secondary N) is 3. The Balaban J connectivity index is 1.81. The average molecular weight is 484 g/mol. The summed E-state index contributed by atoms with van der Waals surface area (Å²) in [5.74, 6) is -0.324. The summed E-state index contributed by atoms with van der Waals surface area (Å²) in [6, 6.07) is 0.611. The fraction of sp³-hybridized carbons (Fsp3) is 0.875. The van der Waals surface area contributed by atoms with Crippen LogP contribution in [0.2, 0.25) is 0 Å². The Morgan fingerprint density at radius 3 is 2.52 bits per heavy atom. The van der Waals surface area contributed by atoms with E-state index < -0.39 is 12.1 Å². The molecule has 3 aliphatic heterocycles. The maximum atomic E-state index is 13.7. The summed E-state index contributed by atoms with van der Waals surface area (Å²) in [5, 5.41) is 10.3. The maximum absolute atomic E-state index is 13.7. The summed E-state index contributed by atoms with van der Waals surface area (Å²) < 4.78 is 0. The van der Waals surface area contributed by atoms with E-state index in [1.807, 2.05) is 0 Å². The van der Waals surface area contributed by atoms with Crippen molar-refractivity contribution in [2.75, 3.05) is 32.7 Å². The Morgan fingerprint density at radius 1 is 1.15 bits per heavy atom. The molecule has 5 atom stereocenters. The zero-order chi connectivity index (χ0) is 24.0. The number of amides is 1. The minimum absolute atomic E-state index is 0.0174. The Labute approximate surface area is 204 Å². The summed E-state index contributed by atoms with van der Waals surface area (Å²) in [6.45, 7) is 8.65. The van der Waals surface area contributed by atoms with Gasteiger partial charge in [-0.05, 0) is 76.1 Å². The molecule has 2 saturated heterocycles. The molecule has 2 fully saturated rings. The van der Waals surface area contributed by atoms with Crippen molar-refractivity contribution in [2.24, 2.45) is 29.0 Å². The van der Waals surface area contributed by atoms with Crippen LogP contribution < -0.4 is 33.2 Å². The van der Waals surface area contributed by atoms with Crippen LogP contribution in [-0.2, 0) is 4.79 Å². The average Bonchev–Trinajstić information content (AvgIpc) is 2.79. The number of alkyl halides is 1. The van der Waals surface area contributed by atoms with Gasteiger partial charge in [-0.15, -0.1) is 11.6 Å². The van der Waals surface area contributed by atoms with Crippen LogP contribution in [0.25, 0.3) is 0 Å². The van der Waals surface area contributed by atoms with Gasteiger partial charge in [0.1, 0.15) is 5.92 Å². The first-order valence-corrected chi connectivity index (χ1v) is 13.4. The minimum atomic E-state index is -0.789. The van der Waals surface area contributed by atoms with Crippen LogP contribution in [0.3, 0.4) is 0 Å². The van der Waals surface area contributed by atoms with E-state index in [1.165, 1.54) is 5.57 Å². The Kier molecular flexibility index (Phi) is 10.3. The lowest BCUT2D eigenvalue weighted by Crippen LogP contribution is -2.63. The van der Waals surface area contributed by atoms with Gasteiger partial charge in [-0.2, -0.15) is 0 Å². The van der Waals surface area contributed by atoms with E-state index in [4.69, 9.17) is 28.8 Å². The summed E-state index contributed by atoms with van der Waals surface area (Å²) in [7, 11) is 0. The molecule has 3 rings (SSSR count). The third-order valence-corrected chi connectivity index (χ3v) is 8.22. The Hall–Kier alpha value is -0.900. The van der Waals surface area contributed by atoms with Crippen molar-refractivity contribution < 1.29 is 4.79 Å². The highest BCUT2D eigenvalue weighted by molar-refractivity contribution is 6.20. The van der Waals surface area contributed by atoms with E-state index in [9.17, 15) is 4.79 Å². The van der Waals surface area contributed by atoms with Crippen LogP contribution in [0.4, 0.5) is 0 Å². The number of halogens is 1. The summed E-state index contributed by atoms with van der Waals surface area (Å²) >= 11 is 6.54. The molecular weight excluding hydrogens is 438 g/mol. The predicted molar refractivity (Wildman–Crippen MR) is 136 cm³/mol. The molecule has 3 aliphatic rings. The Bertz CT molecular complexity index is 665. The normalized spacial score (nSPS) is 33.8. The molecule has 0 radical (unpaired) electrons. The zero-order valence-corrected chi connectivity index (χ0v) is 21.2. The summed E-state index contributed by atoms with van der Waals surface area (Å²) in [5.41, 5.74) is 20.8. The highest BCUT2D eigenvalue weighted by Crippen LogP contribution is 2.32. The largest absolute Gasteiger partial charge is 0.386 e. The smallest absolute Gasteiger partial charge is 0.232 e. The highest BCUT2D eigenvalue weighted by Gasteiger charge is 2.37. The van der Waals surface area contributed by atoms with Gasteiger partial charge in [-0.3, -0.25) is 9.69 Å². The molecule has 0 aromatic rings. The Morgan fingerprint density at radius 2 is 1.88 bits per heavy atom. The van der Waals surface area contributed by atoms with Crippen molar-refractivity contribution in [3.63, 3.8) is 0 Å². The van der Waals surface area contributed by atoms with Crippen molar-refractivity contribution in [3.8, 4) is 0 Å². The van der Waals surface area contributed by atoms with Gasteiger partial charge in [0.25, 0.3) is 0 Å². The van der Waals surface area contributed by atoms with Crippen molar-refractivity contribution in [2.45, 2.75) is 88.5 Å². The number of carbonyl (C=O) groups is 1. The molecule has 190 valence electrons. The van der Waals surface area contributed by atoms with Gasteiger partial charge in [0, 0.05) is 30.9 Å². The van der Waals surface area contributed by atoms with Crippen molar-refractivity contribution in [1.29, 1.82) is 0 Å². The van der Waals surface area contributed by atoms with Gasteiger partial charge >= 0.3 is 0 Å². The monoisotopic (exact) mass is 483 g/mol. The molecule has 0 aromatic carbocycles. The first-order valence-electron chi connectivity index (χ1n) is 13.0. The van der Waals surface area contributed by atoms with E-state index >= 15 is 0 Å². The second kappa shape index (κ2) is 12.7. The lowest BCUT2D eigenvalue weighted by atomic mass is 9.82. The summed E-state index contributed by atoms with van der Waals surface area (Å²) in [6.07, 6.45) is 6.10. The molecule has 1 amide bonds. The molecule has 9 N–H and O–H groups in total. The third-order valence-electron chi connectivity index (χ3n) is 7.85. The zero-order valence-electron chi connectivity index (χ0n) is 20.5. The van der Waals surface area contributed by atoms with Crippen LogP contribution in [0.5, 0.6) is 0 Å². The molecule has 0 aliphatic carbocycles. The maximum Gasteiger partial charge on any atom is 0.232 e. The van der Waals surface area contributed by atoms with E-state index in [0.717, 1.165) is 76.8 Å². The molecule has 0 bridgehead atoms. The van der Waals surface area contributed by atoms with Gasteiger partial charge < -0.3 is 33.2 Å². The molecule has 5 unspecified atom stereocenters. The lowest BCUT2D eigenvalue weighted by molar-refractivity contribution is -0.126. The van der Waals surface area contributed by atoms with E-state index in [1.54, 1.807) is 0 Å². The SMILES string of the molecule is CC/C1=C(\C(C(=O)NC2CNCCC2N2CCC(N)CC2)C(N)N)NCC(Cl)CCC1CC. The first kappa shape index (κ1) is 26.7. The number of rotatable bonds is 7. The molecule has 9 heteroatoms. The van der Waals surface area contributed by atoms with Crippen LogP contribution in [0.15, 0.2) is 11.3 Å². The number of carbonyl (C=O) groups excluding carboxylic acids is 1. The number of piperidine rings is 2. The number of hydrogen-bond donors (Lipinski definition) is 6. The van der Waals surface area contributed by atoms with Gasteiger partial charge in [-0.25, -0.2) is 0 Å². The standard InChI is InChI=1S/C24H46ClN7O/c1-3-15-5-6-16(25)13-30-22(18(15)4-2)21(23(27)28)24(33)31-19-14-29-10-7-20(19)32-11-8-17(26)9-12-32/h15-17,19-21,23,29-30H,3-14,26-28H2,1-2H3,(H,31,33)/b22-18-. The van der Waals surface area contributed by atoms with Gasteiger partial charge in [0.15, 0.2) is 0 Å². The first-order chi connectivity index (χ1) is 15.8. The topological polar surface area (TPSA) is 134 Å². The fourth-order valence-corrected chi connectivity index (χ4v) is 6.11. The molecule has 0 saturated carbocycles. The number of nitrogens with zero attached hydrogens (tertiary/aromatic N) is 1. The second-order valence-electron chi connectivity index (χ2n) is 10.1. The molecule has 33 heavy (non-hydrogen) atoms.